The van der Waals surface area contributed by atoms with Gasteiger partial charge in [0.05, 0.1) is 18.7 Å². The van der Waals surface area contributed by atoms with Crippen LogP contribution < -0.4 is 5.32 Å². The topological polar surface area (TPSA) is 72.2 Å². The highest BCUT2D eigenvalue weighted by molar-refractivity contribution is 7.10. The molecule has 0 aliphatic rings. The lowest BCUT2D eigenvalue weighted by Gasteiger charge is -2.04. The third-order valence-corrected chi connectivity index (χ3v) is 4.63. The van der Waals surface area contributed by atoms with Crippen LogP contribution in [0.25, 0.3) is 16.9 Å². The monoisotopic (exact) mass is 349 g/mol. The first kappa shape index (κ1) is 15.5. The summed E-state index contributed by atoms with van der Waals surface area (Å²) in [6, 6.07) is 17.6. The van der Waals surface area contributed by atoms with Crippen LogP contribution >= 0.6 is 11.3 Å². The van der Waals surface area contributed by atoms with E-state index in [1.807, 2.05) is 60.0 Å². The Bertz CT molecular complexity index is 995. The van der Waals surface area contributed by atoms with Crippen molar-refractivity contribution in [2.45, 2.75) is 13.0 Å². The van der Waals surface area contributed by atoms with Gasteiger partial charge in [-0.3, -0.25) is 4.79 Å². The standard InChI is InChI=1S/C18H15N5OS/c24-18(11-14-7-4-10-25-14)19-12-17-21-20-16-9-8-15(22-23(16)17)13-5-2-1-3-6-13/h1-10H,11-12H2,(H,19,24). The number of nitrogens with zero attached hydrogens (tertiary/aromatic N) is 4. The minimum atomic E-state index is -0.0431. The Morgan fingerprint density at radius 3 is 2.72 bits per heavy atom. The van der Waals surface area contributed by atoms with Crippen molar-refractivity contribution in [2.24, 2.45) is 0 Å². The summed E-state index contributed by atoms with van der Waals surface area (Å²) in [5.74, 6) is 0.561. The Balaban J connectivity index is 1.52. The van der Waals surface area contributed by atoms with Gasteiger partial charge >= 0.3 is 0 Å². The van der Waals surface area contributed by atoms with Crippen LogP contribution in [0.1, 0.15) is 10.7 Å². The van der Waals surface area contributed by atoms with Crippen molar-refractivity contribution < 1.29 is 4.79 Å². The van der Waals surface area contributed by atoms with E-state index in [1.54, 1.807) is 15.9 Å². The summed E-state index contributed by atoms with van der Waals surface area (Å²) in [5, 5.41) is 17.7. The summed E-state index contributed by atoms with van der Waals surface area (Å²) in [4.78, 5) is 13.1. The zero-order chi connectivity index (χ0) is 17.1. The number of amides is 1. The third kappa shape index (κ3) is 3.41. The average Bonchev–Trinajstić information content (AvgIpc) is 3.30. The molecule has 6 nitrogen and oxygen atoms in total. The second-order valence-electron chi connectivity index (χ2n) is 5.50. The van der Waals surface area contributed by atoms with Crippen molar-refractivity contribution in [1.82, 2.24) is 25.1 Å². The second-order valence-corrected chi connectivity index (χ2v) is 6.54. The van der Waals surface area contributed by atoms with Gasteiger partial charge in [0.1, 0.15) is 0 Å². The van der Waals surface area contributed by atoms with E-state index in [0.717, 1.165) is 16.1 Å². The van der Waals surface area contributed by atoms with Gasteiger partial charge in [0.15, 0.2) is 11.5 Å². The first-order valence-corrected chi connectivity index (χ1v) is 8.73. The minimum Gasteiger partial charge on any atom is -0.348 e. The molecule has 0 aliphatic heterocycles. The van der Waals surface area contributed by atoms with Gasteiger partial charge in [0, 0.05) is 10.4 Å². The van der Waals surface area contributed by atoms with Gasteiger partial charge in [0.2, 0.25) is 5.91 Å². The maximum atomic E-state index is 12.0. The fraction of sp³-hybridized carbons (Fsp3) is 0.111. The summed E-state index contributed by atoms with van der Waals surface area (Å²) in [7, 11) is 0. The molecule has 0 aliphatic carbocycles. The maximum Gasteiger partial charge on any atom is 0.225 e. The second kappa shape index (κ2) is 6.82. The van der Waals surface area contributed by atoms with Crippen LogP contribution in [0.3, 0.4) is 0 Å². The SMILES string of the molecule is O=C(Cc1cccs1)NCc1nnc2ccc(-c3ccccc3)nn12. The van der Waals surface area contributed by atoms with Gasteiger partial charge in [-0.25, -0.2) is 0 Å². The zero-order valence-electron chi connectivity index (χ0n) is 13.3. The fourth-order valence-corrected chi connectivity index (χ4v) is 3.22. The number of carbonyl (C=O) groups excluding carboxylic acids is 1. The summed E-state index contributed by atoms with van der Waals surface area (Å²) >= 11 is 1.57. The van der Waals surface area contributed by atoms with E-state index in [0.29, 0.717) is 17.9 Å². The summed E-state index contributed by atoms with van der Waals surface area (Å²) in [5.41, 5.74) is 2.51. The van der Waals surface area contributed by atoms with Crippen molar-refractivity contribution in [3.8, 4) is 11.3 Å². The molecule has 1 aromatic carbocycles. The van der Waals surface area contributed by atoms with E-state index in [4.69, 9.17) is 0 Å². The van der Waals surface area contributed by atoms with E-state index >= 15 is 0 Å². The number of benzene rings is 1. The molecule has 4 aromatic rings. The van der Waals surface area contributed by atoms with Crippen molar-refractivity contribution in [3.05, 3.63) is 70.7 Å². The number of rotatable bonds is 5. The Morgan fingerprint density at radius 1 is 1.04 bits per heavy atom. The molecule has 3 heterocycles. The lowest BCUT2D eigenvalue weighted by atomic mass is 10.1. The molecule has 0 saturated carbocycles. The Morgan fingerprint density at radius 2 is 1.92 bits per heavy atom. The predicted molar refractivity (Wildman–Crippen MR) is 96.1 cm³/mol. The number of carbonyl (C=O) groups is 1. The number of hydrogen-bond acceptors (Lipinski definition) is 5. The predicted octanol–water partition coefficient (Wildman–Crippen LogP) is 2.71. The maximum absolute atomic E-state index is 12.0. The summed E-state index contributed by atoms with van der Waals surface area (Å²) < 4.78 is 1.67. The molecule has 25 heavy (non-hydrogen) atoms. The number of fused-ring (bicyclic) bond motifs is 1. The number of nitrogens with one attached hydrogen (secondary N) is 1. The normalized spacial score (nSPS) is 10.9. The number of hydrogen-bond donors (Lipinski definition) is 1. The minimum absolute atomic E-state index is 0.0431. The quantitative estimate of drug-likeness (QED) is 0.601. The Kier molecular flexibility index (Phi) is 4.22. The van der Waals surface area contributed by atoms with Gasteiger partial charge in [-0.2, -0.15) is 9.61 Å². The highest BCUT2D eigenvalue weighted by Crippen LogP contribution is 2.16. The van der Waals surface area contributed by atoms with Crippen molar-refractivity contribution in [1.29, 1.82) is 0 Å². The molecule has 0 atom stereocenters. The van der Waals surface area contributed by atoms with Crippen LogP contribution in [0.15, 0.2) is 60.0 Å². The molecule has 7 heteroatoms. The highest BCUT2D eigenvalue weighted by Gasteiger charge is 2.10. The molecule has 124 valence electrons. The van der Waals surface area contributed by atoms with Crippen LogP contribution in [-0.2, 0) is 17.8 Å². The van der Waals surface area contributed by atoms with Crippen molar-refractivity contribution >= 4 is 22.9 Å². The van der Waals surface area contributed by atoms with Crippen LogP contribution in [0.5, 0.6) is 0 Å². The van der Waals surface area contributed by atoms with E-state index in [9.17, 15) is 4.79 Å². The van der Waals surface area contributed by atoms with E-state index in [1.165, 1.54) is 0 Å². The van der Waals surface area contributed by atoms with E-state index in [-0.39, 0.29) is 12.5 Å². The zero-order valence-corrected chi connectivity index (χ0v) is 14.1. The average molecular weight is 349 g/mol. The fourth-order valence-electron chi connectivity index (χ4n) is 2.52. The molecular formula is C18H15N5OS. The Labute approximate surface area is 148 Å². The molecule has 0 unspecified atom stereocenters. The molecule has 0 bridgehead atoms. The van der Waals surface area contributed by atoms with Gasteiger partial charge in [-0.05, 0) is 23.6 Å². The summed E-state index contributed by atoms with van der Waals surface area (Å²) in [6.45, 7) is 0.288. The smallest absolute Gasteiger partial charge is 0.225 e. The molecule has 1 amide bonds. The molecule has 0 radical (unpaired) electrons. The van der Waals surface area contributed by atoms with E-state index in [2.05, 4.69) is 20.6 Å². The van der Waals surface area contributed by atoms with Gasteiger partial charge < -0.3 is 5.32 Å². The van der Waals surface area contributed by atoms with Gasteiger partial charge in [0.25, 0.3) is 0 Å². The number of aromatic nitrogens is 4. The largest absolute Gasteiger partial charge is 0.348 e. The summed E-state index contributed by atoms with van der Waals surface area (Å²) in [6.07, 6.45) is 0.372. The molecule has 4 rings (SSSR count). The van der Waals surface area contributed by atoms with Crippen LogP contribution in [0, 0.1) is 0 Å². The molecule has 3 aromatic heterocycles. The first-order valence-electron chi connectivity index (χ1n) is 7.85. The van der Waals surface area contributed by atoms with Crippen molar-refractivity contribution in [2.75, 3.05) is 0 Å². The van der Waals surface area contributed by atoms with E-state index < -0.39 is 0 Å². The van der Waals surface area contributed by atoms with Crippen LogP contribution in [0.4, 0.5) is 0 Å². The third-order valence-electron chi connectivity index (χ3n) is 3.76. The molecule has 0 fully saturated rings. The van der Waals surface area contributed by atoms with Gasteiger partial charge in [-0.1, -0.05) is 36.4 Å². The van der Waals surface area contributed by atoms with Crippen LogP contribution in [0.2, 0.25) is 0 Å². The molecular weight excluding hydrogens is 334 g/mol. The number of thiophene rings is 1. The molecule has 0 spiro atoms. The first-order chi connectivity index (χ1) is 12.3. The van der Waals surface area contributed by atoms with Crippen LogP contribution in [-0.4, -0.2) is 25.7 Å². The molecule has 0 saturated heterocycles. The Hall–Kier alpha value is -3.06. The highest BCUT2D eigenvalue weighted by atomic mass is 32.1. The molecule has 1 N–H and O–H groups in total. The lowest BCUT2D eigenvalue weighted by Crippen LogP contribution is -2.25. The van der Waals surface area contributed by atoms with Crippen molar-refractivity contribution in [3.63, 3.8) is 0 Å². The van der Waals surface area contributed by atoms with Gasteiger partial charge in [-0.15, -0.1) is 21.5 Å². The lowest BCUT2D eigenvalue weighted by molar-refractivity contribution is -0.120.